The summed E-state index contributed by atoms with van der Waals surface area (Å²) in [6.45, 7) is 2.01. The van der Waals surface area contributed by atoms with Gasteiger partial charge in [0.1, 0.15) is 5.75 Å². The first-order chi connectivity index (χ1) is 13.4. The van der Waals surface area contributed by atoms with Crippen LogP contribution in [0.25, 0.3) is 0 Å². The smallest absolute Gasteiger partial charge is 0.336 e. The van der Waals surface area contributed by atoms with Crippen molar-refractivity contribution in [3.05, 3.63) is 89.0 Å². The van der Waals surface area contributed by atoms with Crippen molar-refractivity contribution in [1.29, 1.82) is 0 Å². The maximum Gasteiger partial charge on any atom is 0.336 e. The minimum absolute atomic E-state index is 0.0303. The molecular weight excluding hydrogens is 354 g/mol. The number of ketones is 1. The largest absolute Gasteiger partial charge is 0.497 e. The maximum atomic E-state index is 12.8. The second-order valence-electron chi connectivity index (χ2n) is 6.49. The molecule has 0 saturated heterocycles. The topological polar surface area (TPSA) is 66.8 Å². The van der Waals surface area contributed by atoms with E-state index in [-0.39, 0.29) is 16.9 Å². The second kappa shape index (κ2) is 7.96. The number of nitrogens with zero attached hydrogens (tertiary/aromatic N) is 1. The molecule has 0 aliphatic heterocycles. The number of hydrogen-bond acceptors (Lipinski definition) is 4. The average Bonchev–Trinajstić information content (AvgIpc) is 2.73. The number of hydrogen-bond donors (Lipinski definition) is 1. The molecule has 0 radical (unpaired) electrons. The van der Waals surface area contributed by atoms with Crippen molar-refractivity contribution >= 4 is 23.1 Å². The molecular formula is C23H21NO4. The third-order valence-electron chi connectivity index (χ3n) is 4.64. The zero-order valence-corrected chi connectivity index (χ0v) is 16.0. The second-order valence-corrected chi connectivity index (χ2v) is 6.49. The van der Waals surface area contributed by atoms with Gasteiger partial charge in [-0.05, 0) is 61.5 Å². The summed E-state index contributed by atoms with van der Waals surface area (Å²) in [5.74, 6) is -0.856. The number of aromatic carboxylic acids is 1. The van der Waals surface area contributed by atoms with E-state index >= 15 is 0 Å². The van der Waals surface area contributed by atoms with Gasteiger partial charge in [-0.15, -0.1) is 0 Å². The Bertz CT molecular complexity index is 1010. The Morgan fingerprint density at radius 1 is 0.857 bits per heavy atom. The van der Waals surface area contributed by atoms with Gasteiger partial charge in [-0.3, -0.25) is 4.79 Å². The number of carboxylic acids is 1. The van der Waals surface area contributed by atoms with Crippen molar-refractivity contribution in [2.24, 2.45) is 0 Å². The maximum absolute atomic E-state index is 12.8. The van der Waals surface area contributed by atoms with Crippen LogP contribution in [0.1, 0.15) is 31.8 Å². The minimum Gasteiger partial charge on any atom is -0.497 e. The number of methoxy groups -OCH3 is 1. The highest BCUT2D eigenvalue weighted by atomic mass is 16.5. The zero-order valence-electron chi connectivity index (χ0n) is 16.0. The Morgan fingerprint density at radius 2 is 1.46 bits per heavy atom. The molecule has 0 aromatic heterocycles. The van der Waals surface area contributed by atoms with Crippen LogP contribution in [0.4, 0.5) is 11.4 Å². The van der Waals surface area contributed by atoms with Gasteiger partial charge in [0.15, 0.2) is 5.78 Å². The zero-order chi connectivity index (χ0) is 20.3. The molecule has 0 atom stereocenters. The Balaban J connectivity index is 1.97. The molecule has 0 unspecified atom stereocenters. The van der Waals surface area contributed by atoms with Crippen LogP contribution in [-0.4, -0.2) is 31.0 Å². The molecule has 3 aromatic rings. The third-order valence-corrected chi connectivity index (χ3v) is 4.64. The lowest BCUT2D eigenvalue weighted by Crippen LogP contribution is -2.14. The summed E-state index contributed by atoms with van der Waals surface area (Å²) < 4.78 is 5.10. The van der Waals surface area contributed by atoms with Crippen LogP contribution in [0, 0.1) is 6.92 Å². The molecule has 0 aliphatic carbocycles. The lowest BCUT2D eigenvalue weighted by Gasteiger charge is -2.21. The molecule has 1 N–H and O–H groups in total. The standard InChI is InChI=1S/C23H21NO4/c1-15-4-8-17(9-5-15)24(2)18-10-13-20(21(14-18)23(26)27)22(25)16-6-11-19(28-3)12-7-16/h4-14H,1-3H3,(H,26,27). The van der Waals surface area contributed by atoms with E-state index < -0.39 is 5.97 Å². The number of carbonyl (C=O) groups excluding carboxylic acids is 1. The van der Waals surface area contributed by atoms with Crippen LogP contribution < -0.4 is 9.64 Å². The molecule has 142 valence electrons. The number of carbonyl (C=O) groups is 2. The van der Waals surface area contributed by atoms with Gasteiger partial charge >= 0.3 is 5.97 Å². The molecule has 5 nitrogen and oxygen atoms in total. The van der Waals surface area contributed by atoms with Gasteiger partial charge in [0, 0.05) is 29.5 Å². The molecule has 0 aliphatic rings. The highest BCUT2D eigenvalue weighted by molar-refractivity contribution is 6.14. The fourth-order valence-corrected chi connectivity index (χ4v) is 2.93. The molecule has 28 heavy (non-hydrogen) atoms. The van der Waals surface area contributed by atoms with Crippen LogP contribution in [0.3, 0.4) is 0 Å². The first kappa shape index (κ1) is 19.2. The molecule has 0 saturated carbocycles. The number of carboxylic acid groups (broad SMARTS) is 1. The summed E-state index contributed by atoms with van der Waals surface area (Å²) in [5, 5.41) is 9.67. The van der Waals surface area contributed by atoms with E-state index in [0.717, 1.165) is 11.3 Å². The predicted octanol–water partition coefficient (Wildman–Crippen LogP) is 4.70. The van der Waals surface area contributed by atoms with Crippen molar-refractivity contribution in [2.45, 2.75) is 6.92 Å². The summed E-state index contributed by atoms with van der Waals surface area (Å²) in [6.07, 6.45) is 0. The van der Waals surface area contributed by atoms with Gasteiger partial charge in [-0.25, -0.2) is 4.79 Å². The molecule has 0 heterocycles. The van der Waals surface area contributed by atoms with Crippen LogP contribution in [-0.2, 0) is 0 Å². The van der Waals surface area contributed by atoms with Gasteiger partial charge < -0.3 is 14.7 Å². The molecule has 3 aromatic carbocycles. The molecule has 3 rings (SSSR count). The van der Waals surface area contributed by atoms with Crippen molar-refractivity contribution in [3.63, 3.8) is 0 Å². The van der Waals surface area contributed by atoms with E-state index in [2.05, 4.69) is 0 Å². The number of benzene rings is 3. The molecule has 5 heteroatoms. The summed E-state index contributed by atoms with van der Waals surface area (Å²) in [5.41, 5.74) is 3.28. The highest BCUT2D eigenvalue weighted by Gasteiger charge is 2.20. The summed E-state index contributed by atoms with van der Waals surface area (Å²) in [7, 11) is 3.40. The molecule has 0 amide bonds. The van der Waals surface area contributed by atoms with Crippen LogP contribution in [0.15, 0.2) is 66.7 Å². The first-order valence-corrected chi connectivity index (χ1v) is 8.77. The fourth-order valence-electron chi connectivity index (χ4n) is 2.93. The first-order valence-electron chi connectivity index (χ1n) is 8.77. The van der Waals surface area contributed by atoms with E-state index in [1.807, 2.05) is 43.1 Å². The van der Waals surface area contributed by atoms with Gasteiger partial charge in [-0.2, -0.15) is 0 Å². The van der Waals surface area contributed by atoms with Gasteiger partial charge in [0.2, 0.25) is 0 Å². The van der Waals surface area contributed by atoms with Gasteiger partial charge in [0.25, 0.3) is 0 Å². The average molecular weight is 375 g/mol. The number of anilines is 2. The van der Waals surface area contributed by atoms with Crippen molar-refractivity contribution in [2.75, 3.05) is 19.1 Å². The Morgan fingerprint density at radius 3 is 2.04 bits per heavy atom. The molecule has 0 fully saturated rings. The van der Waals surface area contributed by atoms with E-state index in [1.54, 1.807) is 43.5 Å². The summed E-state index contributed by atoms with van der Waals surface area (Å²) in [6, 6.07) is 19.4. The number of rotatable bonds is 6. The lowest BCUT2D eigenvalue weighted by molar-refractivity contribution is 0.0693. The van der Waals surface area contributed by atoms with E-state index in [4.69, 9.17) is 4.74 Å². The lowest BCUT2D eigenvalue weighted by atomic mass is 9.97. The SMILES string of the molecule is COc1ccc(C(=O)c2ccc(N(C)c3ccc(C)cc3)cc2C(=O)O)cc1. The quantitative estimate of drug-likeness (QED) is 0.633. The van der Waals surface area contributed by atoms with Gasteiger partial charge in [0.05, 0.1) is 12.7 Å². The van der Waals surface area contributed by atoms with Crippen LogP contribution in [0.2, 0.25) is 0 Å². The van der Waals surface area contributed by atoms with Crippen molar-refractivity contribution < 1.29 is 19.4 Å². The Hall–Kier alpha value is -3.60. The minimum atomic E-state index is -1.14. The van der Waals surface area contributed by atoms with Crippen molar-refractivity contribution in [3.8, 4) is 5.75 Å². The van der Waals surface area contributed by atoms with Gasteiger partial charge in [-0.1, -0.05) is 17.7 Å². The fraction of sp³-hybridized carbons (Fsp3) is 0.130. The Labute approximate surface area is 163 Å². The normalized spacial score (nSPS) is 10.4. The number of aryl methyl sites for hydroxylation is 1. The summed E-state index contributed by atoms with van der Waals surface area (Å²) >= 11 is 0. The third kappa shape index (κ3) is 3.88. The van der Waals surface area contributed by atoms with Crippen molar-refractivity contribution in [1.82, 2.24) is 0 Å². The van der Waals surface area contributed by atoms with E-state index in [1.165, 1.54) is 6.07 Å². The summed E-state index contributed by atoms with van der Waals surface area (Å²) in [4.78, 5) is 26.5. The predicted molar refractivity (Wildman–Crippen MR) is 109 cm³/mol. The Kier molecular flexibility index (Phi) is 5.45. The van der Waals surface area contributed by atoms with E-state index in [9.17, 15) is 14.7 Å². The van der Waals surface area contributed by atoms with E-state index in [0.29, 0.717) is 17.0 Å². The molecule has 0 spiro atoms. The number of ether oxygens (including phenoxy) is 1. The monoisotopic (exact) mass is 375 g/mol. The van der Waals surface area contributed by atoms with Crippen LogP contribution in [0.5, 0.6) is 5.75 Å². The molecule has 0 bridgehead atoms. The highest BCUT2D eigenvalue weighted by Crippen LogP contribution is 2.27. The van der Waals surface area contributed by atoms with Crippen LogP contribution >= 0.6 is 0 Å².